The Balaban J connectivity index is 1.47. The molecule has 6 nitrogen and oxygen atoms in total. The number of hydrogen-bond acceptors (Lipinski definition) is 4. The van der Waals surface area contributed by atoms with Gasteiger partial charge in [0.1, 0.15) is 0 Å². The molecule has 7 heteroatoms. The Morgan fingerprint density at radius 3 is 2.50 bits per heavy atom. The first-order valence-electron chi connectivity index (χ1n) is 10.7. The fourth-order valence-corrected chi connectivity index (χ4v) is 4.99. The lowest BCUT2D eigenvalue weighted by atomic mass is 10.00. The number of sulfonamides is 1. The molecule has 3 rings (SSSR count). The number of carbonyl (C=O) groups excluding carboxylic acids is 1. The second-order valence-electron chi connectivity index (χ2n) is 7.70. The van der Waals surface area contributed by atoms with Crippen LogP contribution in [0, 0.1) is 0 Å². The van der Waals surface area contributed by atoms with Gasteiger partial charge in [-0.3, -0.25) is 9.52 Å². The van der Waals surface area contributed by atoms with Gasteiger partial charge < -0.3 is 10.2 Å². The van der Waals surface area contributed by atoms with Crippen molar-refractivity contribution in [1.82, 2.24) is 10.2 Å². The fraction of sp³-hybridized carbons (Fsp3) is 0.435. The monoisotopic (exact) mass is 429 g/mol. The molecule has 30 heavy (non-hydrogen) atoms. The zero-order valence-electron chi connectivity index (χ0n) is 17.5. The van der Waals surface area contributed by atoms with E-state index in [0.29, 0.717) is 23.8 Å². The summed E-state index contributed by atoms with van der Waals surface area (Å²) in [6.07, 6.45) is 5.99. The Labute approximate surface area is 179 Å². The number of hydrogen-bond donors (Lipinski definition) is 2. The number of nitrogens with one attached hydrogen (secondary N) is 2. The molecule has 0 radical (unpaired) electrons. The van der Waals surface area contributed by atoms with Crippen LogP contribution in [0.4, 0.5) is 5.69 Å². The third-order valence-electron chi connectivity index (χ3n) is 5.58. The summed E-state index contributed by atoms with van der Waals surface area (Å²) in [7, 11) is -3.64. The highest BCUT2D eigenvalue weighted by molar-refractivity contribution is 7.92. The van der Waals surface area contributed by atoms with Crippen molar-refractivity contribution in [2.75, 3.05) is 24.4 Å². The first-order chi connectivity index (χ1) is 14.5. The molecule has 0 spiro atoms. The summed E-state index contributed by atoms with van der Waals surface area (Å²) in [6.45, 7) is 5.05. The van der Waals surface area contributed by atoms with Crippen molar-refractivity contribution in [3.8, 4) is 0 Å². The summed E-state index contributed by atoms with van der Waals surface area (Å²) in [4.78, 5) is 15.1. The summed E-state index contributed by atoms with van der Waals surface area (Å²) in [5, 5.41) is 2.96. The maximum absolute atomic E-state index is 12.4. The van der Waals surface area contributed by atoms with Gasteiger partial charge in [-0.25, -0.2) is 8.42 Å². The largest absolute Gasteiger partial charge is 0.352 e. The van der Waals surface area contributed by atoms with Crippen molar-refractivity contribution in [2.45, 2.75) is 50.0 Å². The number of piperidine rings is 1. The van der Waals surface area contributed by atoms with Crippen LogP contribution in [0.5, 0.6) is 0 Å². The number of nitrogens with zero attached hydrogens (tertiary/aromatic N) is 1. The molecule has 1 atom stereocenters. The first kappa shape index (κ1) is 22.3. The molecule has 2 N–H and O–H groups in total. The number of likely N-dealkylation sites (tertiary alicyclic amines) is 1. The fourth-order valence-electron chi connectivity index (χ4n) is 3.91. The number of amides is 1. The van der Waals surface area contributed by atoms with Crippen LogP contribution in [0.1, 0.15) is 49.4 Å². The van der Waals surface area contributed by atoms with E-state index in [9.17, 15) is 13.2 Å². The van der Waals surface area contributed by atoms with Crippen LogP contribution in [0.2, 0.25) is 0 Å². The minimum atomic E-state index is -3.64. The number of carbonyl (C=O) groups is 1. The Bertz CT molecular complexity index is 914. The first-order valence-corrected chi connectivity index (χ1v) is 12.2. The van der Waals surface area contributed by atoms with E-state index in [0.717, 1.165) is 19.5 Å². The van der Waals surface area contributed by atoms with Crippen molar-refractivity contribution in [2.24, 2.45) is 0 Å². The van der Waals surface area contributed by atoms with E-state index in [-0.39, 0.29) is 10.8 Å². The predicted molar refractivity (Wildman–Crippen MR) is 120 cm³/mol. The van der Waals surface area contributed by atoms with E-state index in [1.54, 1.807) is 42.5 Å². The lowest BCUT2D eigenvalue weighted by molar-refractivity contribution is 0.0947. The highest BCUT2D eigenvalue weighted by Crippen LogP contribution is 2.19. The smallest absolute Gasteiger partial charge is 0.261 e. The quantitative estimate of drug-likeness (QED) is 0.593. The van der Waals surface area contributed by atoms with Gasteiger partial charge in [0.05, 0.1) is 4.90 Å². The molecule has 0 aliphatic carbocycles. The molecule has 0 aromatic heterocycles. The second-order valence-corrected chi connectivity index (χ2v) is 9.38. The van der Waals surface area contributed by atoms with Crippen LogP contribution in [-0.2, 0) is 10.0 Å². The third kappa shape index (κ3) is 6.06. The van der Waals surface area contributed by atoms with Crippen molar-refractivity contribution < 1.29 is 13.2 Å². The van der Waals surface area contributed by atoms with E-state index in [1.165, 1.54) is 37.8 Å². The van der Waals surface area contributed by atoms with Gasteiger partial charge in [-0.15, -0.1) is 0 Å². The van der Waals surface area contributed by atoms with Gasteiger partial charge in [0.15, 0.2) is 0 Å². The zero-order valence-corrected chi connectivity index (χ0v) is 18.3. The molecule has 0 unspecified atom stereocenters. The summed E-state index contributed by atoms with van der Waals surface area (Å²) in [5.41, 5.74) is 0.938. The van der Waals surface area contributed by atoms with Crippen LogP contribution < -0.4 is 10.0 Å². The van der Waals surface area contributed by atoms with Crippen LogP contribution in [0.15, 0.2) is 59.5 Å². The van der Waals surface area contributed by atoms with E-state index in [2.05, 4.69) is 21.9 Å². The van der Waals surface area contributed by atoms with Crippen molar-refractivity contribution in [3.05, 3.63) is 60.2 Å². The molecule has 1 fully saturated rings. The van der Waals surface area contributed by atoms with E-state index >= 15 is 0 Å². The highest BCUT2D eigenvalue weighted by Gasteiger charge is 2.20. The van der Waals surface area contributed by atoms with Gasteiger partial charge in [-0.05, 0) is 68.6 Å². The van der Waals surface area contributed by atoms with Crippen molar-refractivity contribution >= 4 is 21.6 Å². The SMILES string of the molecule is CC[C@H]1CCCCN1CCCNC(=O)c1ccc(NS(=O)(=O)c2ccccc2)cc1. The van der Waals surface area contributed by atoms with E-state index in [1.807, 2.05) is 0 Å². The molecule has 1 saturated heterocycles. The zero-order chi connectivity index (χ0) is 21.4. The molecule has 1 heterocycles. The molecule has 0 bridgehead atoms. The normalized spacial score (nSPS) is 17.4. The molecular weight excluding hydrogens is 398 g/mol. The van der Waals surface area contributed by atoms with Crippen molar-refractivity contribution in [3.63, 3.8) is 0 Å². The third-order valence-corrected chi connectivity index (χ3v) is 6.98. The summed E-state index contributed by atoms with van der Waals surface area (Å²) in [6, 6.07) is 15.4. The summed E-state index contributed by atoms with van der Waals surface area (Å²) < 4.78 is 27.3. The second kappa shape index (κ2) is 10.6. The minimum Gasteiger partial charge on any atom is -0.352 e. The topological polar surface area (TPSA) is 78.5 Å². The molecule has 0 saturated carbocycles. The maximum Gasteiger partial charge on any atom is 0.261 e. The standard InChI is InChI=1S/C23H31N3O3S/c1-2-21-9-6-7-17-26(21)18-8-16-24-23(27)19-12-14-20(15-13-19)25-30(28,29)22-10-4-3-5-11-22/h3-5,10-15,21,25H,2,6-9,16-18H2,1H3,(H,24,27)/t21-/m0/s1. The predicted octanol–water partition coefficient (Wildman–Crippen LogP) is 3.87. The van der Waals surface area contributed by atoms with Gasteiger partial charge in [-0.2, -0.15) is 0 Å². The lowest BCUT2D eigenvalue weighted by Gasteiger charge is -2.35. The lowest BCUT2D eigenvalue weighted by Crippen LogP contribution is -2.40. The van der Waals surface area contributed by atoms with Crippen LogP contribution in [-0.4, -0.2) is 44.9 Å². The average Bonchev–Trinajstić information content (AvgIpc) is 2.77. The number of anilines is 1. The van der Waals surface area contributed by atoms with Gasteiger partial charge in [0.2, 0.25) is 0 Å². The Hall–Kier alpha value is -2.38. The molecule has 1 amide bonds. The number of benzene rings is 2. The Morgan fingerprint density at radius 1 is 1.07 bits per heavy atom. The van der Waals surface area contributed by atoms with Gasteiger partial charge in [-0.1, -0.05) is 31.5 Å². The van der Waals surface area contributed by atoms with E-state index in [4.69, 9.17) is 0 Å². The molecule has 1 aliphatic heterocycles. The minimum absolute atomic E-state index is 0.141. The summed E-state index contributed by atoms with van der Waals surface area (Å²) in [5.74, 6) is -0.141. The molecule has 1 aliphatic rings. The molecule has 162 valence electrons. The molecular formula is C23H31N3O3S. The summed E-state index contributed by atoms with van der Waals surface area (Å²) >= 11 is 0. The van der Waals surface area contributed by atoms with Gasteiger partial charge in [0, 0.05) is 30.4 Å². The van der Waals surface area contributed by atoms with Crippen molar-refractivity contribution in [1.29, 1.82) is 0 Å². The molecule has 2 aromatic carbocycles. The van der Waals surface area contributed by atoms with Gasteiger partial charge >= 0.3 is 0 Å². The maximum atomic E-state index is 12.4. The highest BCUT2D eigenvalue weighted by atomic mass is 32.2. The molecule has 2 aromatic rings. The Kier molecular flexibility index (Phi) is 7.87. The average molecular weight is 430 g/mol. The van der Waals surface area contributed by atoms with E-state index < -0.39 is 10.0 Å². The van der Waals surface area contributed by atoms with Gasteiger partial charge in [0.25, 0.3) is 15.9 Å². The van der Waals surface area contributed by atoms with Crippen LogP contribution in [0.3, 0.4) is 0 Å². The van der Waals surface area contributed by atoms with Crippen LogP contribution in [0.25, 0.3) is 0 Å². The number of rotatable bonds is 9. The van der Waals surface area contributed by atoms with Crippen LogP contribution >= 0.6 is 0 Å². The Morgan fingerprint density at radius 2 is 1.80 bits per heavy atom.